The topological polar surface area (TPSA) is 38.3 Å². The molecule has 1 aromatic carbocycles. The third-order valence-corrected chi connectivity index (χ3v) is 4.05. The van der Waals surface area contributed by atoms with Crippen molar-refractivity contribution in [2.75, 3.05) is 12.4 Å². The molecule has 0 aliphatic heterocycles. The predicted octanol–water partition coefficient (Wildman–Crippen LogP) is 4.13. The molecule has 1 fully saturated rings. The summed E-state index contributed by atoms with van der Waals surface area (Å²) in [5.74, 6) is -3.07. The van der Waals surface area contributed by atoms with Gasteiger partial charge in [0.1, 0.15) is 0 Å². The van der Waals surface area contributed by atoms with Crippen molar-refractivity contribution in [3.63, 3.8) is 0 Å². The SMILES string of the molecule is COC(=O)c1ccc(NC2CCCC(C)(C)C2)c(F)c1F. The first-order chi connectivity index (χ1) is 9.84. The lowest BCUT2D eigenvalue weighted by Gasteiger charge is -2.36. The largest absolute Gasteiger partial charge is 0.465 e. The van der Waals surface area contributed by atoms with Crippen molar-refractivity contribution < 1.29 is 18.3 Å². The second-order valence-electron chi connectivity index (χ2n) is 6.38. The molecule has 0 saturated heterocycles. The first-order valence-electron chi connectivity index (χ1n) is 7.17. The van der Waals surface area contributed by atoms with E-state index in [0.717, 1.165) is 32.8 Å². The zero-order valence-corrected chi connectivity index (χ0v) is 12.6. The van der Waals surface area contributed by atoms with Crippen LogP contribution in [0.4, 0.5) is 14.5 Å². The molecule has 1 atom stereocenters. The number of carbonyl (C=O) groups excluding carboxylic acids is 1. The van der Waals surface area contributed by atoms with Gasteiger partial charge in [0, 0.05) is 6.04 Å². The van der Waals surface area contributed by atoms with Crippen molar-refractivity contribution in [2.24, 2.45) is 5.41 Å². The van der Waals surface area contributed by atoms with E-state index >= 15 is 0 Å². The van der Waals surface area contributed by atoms with Gasteiger partial charge in [-0.1, -0.05) is 20.3 Å². The lowest BCUT2D eigenvalue weighted by molar-refractivity contribution is 0.0594. The number of esters is 1. The number of nitrogens with one attached hydrogen (secondary N) is 1. The normalized spacial score (nSPS) is 20.9. The van der Waals surface area contributed by atoms with Crippen molar-refractivity contribution in [2.45, 2.75) is 45.6 Å². The molecule has 1 unspecified atom stereocenters. The van der Waals surface area contributed by atoms with E-state index in [1.54, 1.807) is 0 Å². The molecule has 3 nitrogen and oxygen atoms in total. The molecule has 1 aliphatic rings. The molecular weight excluding hydrogens is 276 g/mol. The molecular formula is C16H21F2NO2. The fourth-order valence-electron chi connectivity index (χ4n) is 2.97. The van der Waals surface area contributed by atoms with Crippen LogP contribution in [0.25, 0.3) is 0 Å². The molecule has 1 N–H and O–H groups in total. The highest BCUT2D eigenvalue weighted by molar-refractivity contribution is 5.90. The van der Waals surface area contributed by atoms with E-state index in [-0.39, 0.29) is 22.7 Å². The first-order valence-corrected chi connectivity index (χ1v) is 7.17. The maximum absolute atomic E-state index is 14.1. The number of benzene rings is 1. The average molecular weight is 297 g/mol. The van der Waals surface area contributed by atoms with Crippen molar-refractivity contribution in [3.8, 4) is 0 Å². The lowest BCUT2D eigenvalue weighted by Crippen LogP contribution is -2.32. The van der Waals surface area contributed by atoms with E-state index in [1.165, 1.54) is 12.1 Å². The Kier molecular flexibility index (Phi) is 4.49. The molecule has 0 heterocycles. The van der Waals surface area contributed by atoms with Gasteiger partial charge in [-0.2, -0.15) is 0 Å². The highest BCUT2D eigenvalue weighted by atomic mass is 19.2. The van der Waals surface area contributed by atoms with E-state index in [0.29, 0.717) is 0 Å². The number of ether oxygens (including phenoxy) is 1. The molecule has 1 aliphatic carbocycles. The number of rotatable bonds is 3. The van der Waals surface area contributed by atoms with E-state index in [4.69, 9.17) is 0 Å². The summed E-state index contributed by atoms with van der Waals surface area (Å²) in [5, 5.41) is 3.06. The van der Waals surface area contributed by atoms with Gasteiger partial charge < -0.3 is 10.1 Å². The first kappa shape index (κ1) is 15.7. The molecule has 2 rings (SSSR count). The third-order valence-electron chi connectivity index (χ3n) is 4.05. The molecule has 1 aromatic rings. The van der Waals surface area contributed by atoms with Gasteiger partial charge in [0.2, 0.25) is 0 Å². The van der Waals surface area contributed by atoms with Crippen LogP contribution in [0.5, 0.6) is 0 Å². The molecule has 5 heteroatoms. The van der Waals surface area contributed by atoms with Crippen LogP contribution in [-0.4, -0.2) is 19.1 Å². The van der Waals surface area contributed by atoms with Crippen molar-refractivity contribution in [1.29, 1.82) is 0 Å². The van der Waals surface area contributed by atoms with Crippen LogP contribution < -0.4 is 5.32 Å². The molecule has 0 bridgehead atoms. The molecule has 116 valence electrons. The van der Waals surface area contributed by atoms with E-state index in [2.05, 4.69) is 23.9 Å². The molecule has 21 heavy (non-hydrogen) atoms. The van der Waals surface area contributed by atoms with Crippen molar-refractivity contribution in [3.05, 3.63) is 29.3 Å². The monoisotopic (exact) mass is 297 g/mol. The lowest BCUT2D eigenvalue weighted by atomic mass is 9.75. The molecule has 0 spiro atoms. The fourth-order valence-corrected chi connectivity index (χ4v) is 2.97. The minimum atomic E-state index is -1.16. The number of methoxy groups -OCH3 is 1. The number of anilines is 1. The van der Waals surface area contributed by atoms with Gasteiger partial charge in [-0.3, -0.25) is 0 Å². The number of halogens is 2. The van der Waals surface area contributed by atoms with Gasteiger partial charge >= 0.3 is 5.97 Å². The van der Waals surface area contributed by atoms with Crippen LogP contribution in [0.2, 0.25) is 0 Å². The Morgan fingerprint density at radius 2 is 2.05 bits per heavy atom. The summed E-state index contributed by atoms with van der Waals surface area (Å²) in [6, 6.07) is 2.76. The Balaban J connectivity index is 2.18. The average Bonchev–Trinajstić information content (AvgIpc) is 2.42. The molecule has 1 saturated carbocycles. The maximum Gasteiger partial charge on any atom is 0.340 e. The summed E-state index contributed by atoms with van der Waals surface area (Å²) in [4.78, 5) is 11.3. The minimum Gasteiger partial charge on any atom is -0.465 e. The number of hydrogen-bond acceptors (Lipinski definition) is 3. The third kappa shape index (κ3) is 3.52. The maximum atomic E-state index is 14.1. The Bertz CT molecular complexity index is 543. The van der Waals surface area contributed by atoms with Gasteiger partial charge in [0.05, 0.1) is 18.4 Å². The zero-order valence-electron chi connectivity index (χ0n) is 12.6. The smallest absolute Gasteiger partial charge is 0.340 e. The Labute approximate surface area is 123 Å². The Hall–Kier alpha value is -1.65. The van der Waals surface area contributed by atoms with Gasteiger partial charge in [-0.05, 0) is 36.8 Å². The second-order valence-corrected chi connectivity index (χ2v) is 6.38. The predicted molar refractivity (Wildman–Crippen MR) is 77.4 cm³/mol. The van der Waals surface area contributed by atoms with Gasteiger partial charge in [-0.15, -0.1) is 0 Å². The van der Waals surface area contributed by atoms with Crippen LogP contribution in [-0.2, 0) is 4.74 Å². The van der Waals surface area contributed by atoms with Gasteiger partial charge in [0.15, 0.2) is 11.6 Å². The fraction of sp³-hybridized carbons (Fsp3) is 0.562. The highest BCUT2D eigenvalue weighted by Crippen LogP contribution is 2.36. The van der Waals surface area contributed by atoms with E-state index < -0.39 is 17.6 Å². The van der Waals surface area contributed by atoms with Crippen molar-refractivity contribution >= 4 is 11.7 Å². The summed E-state index contributed by atoms with van der Waals surface area (Å²) in [5.41, 5.74) is -0.0796. The number of hydrogen-bond donors (Lipinski definition) is 1. The van der Waals surface area contributed by atoms with Crippen LogP contribution in [0.1, 0.15) is 49.9 Å². The molecule has 0 radical (unpaired) electrons. The Morgan fingerprint density at radius 1 is 1.33 bits per heavy atom. The van der Waals surface area contributed by atoms with Gasteiger partial charge in [0.25, 0.3) is 0 Å². The Morgan fingerprint density at radius 3 is 2.67 bits per heavy atom. The summed E-state index contributed by atoms with van der Waals surface area (Å²) < 4.78 is 32.4. The quantitative estimate of drug-likeness (QED) is 0.852. The van der Waals surface area contributed by atoms with Crippen LogP contribution in [0, 0.1) is 17.0 Å². The zero-order chi connectivity index (χ0) is 15.6. The summed E-state index contributed by atoms with van der Waals surface area (Å²) in [6.07, 6.45) is 4.05. The standard InChI is InChI=1S/C16H21F2NO2/c1-16(2)8-4-5-10(9-16)19-12-7-6-11(15(20)21-3)13(17)14(12)18/h6-7,10,19H,4-5,8-9H2,1-3H3. The highest BCUT2D eigenvalue weighted by Gasteiger charge is 2.29. The summed E-state index contributed by atoms with van der Waals surface area (Å²) in [6.45, 7) is 4.36. The van der Waals surface area contributed by atoms with E-state index in [1.807, 2.05) is 0 Å². The molecule has 0 amide bonds. The molecule has 0 aromatic heterocycles. The van der Waals surface area contributed by atoms with E-state index in [9.17, 15) is 13.6 Å². The van der Waals surface area contributed by atoms with Crippen LogP contribution >= 0.6 is 0 Å². The van der Waals surface area contributed by atoms with Gasteiger partial charge in [-0.25, -0.2) is 13.6 Å². The minimum absolute atomic E-state index is 0.0999. The summed E-state index contributed by atoms with van der Waals surface area (Å²) >= 11 is 0. The van der Waals surface area contributed by atoms with Crippen molar-refractivity contribution in [1.82, 2.24) is 0 Å². The summed E-state index contributed by atoms with van der Waals surface area (Å²) in [7, 11) is 1.13. The van der Waals surface area contributed by atoms with Crippen LogP contribution in [0.3, 0.4) is 0 Å². The second kappa shape index (κ2) is 6.00. The number of carbonyl (C=O) groups is 1. The van der Waals surface area contributed by atoms with Crippen LogP contribution in [0.15, 0.2) is 12.1 Å².